The predicted molar refractivity (Wildman–Crippen MR) is 114 cm³/mol. The van der Waals surface area contributed by atoms with Gasteiger partial charge >= 0.3 is 5.97 Å². The number of hydrogen-bond donors (Lipinski definition) is 0. The molecule has 0 unspecified atom stereocenters. The molecule has 31 heavy (non-hydrogen) atoms. The zero-order valence-electron chi connectivity index (χ0n) is 17.6. The molecule has 0 aliphatic carbocycles. The molecule has 1 aliphatic rings. The quantitative estimate of drug-likeness (QED) is 0.588. The molecule has 8 nitrogen and oxygen atoms in total. The molecule has 3 heterocycles. The number of aryl methyl sites for hydroxylation is 2. The fraction of sp³-hybridized carbons (Fsp3) is 0.304. The van der Waals surface area contributed by atoms with Gasteiger partial charge in [0.1, 0.15) is 18.0 Å². The Morgan fingerprint density at radius 1 is 1.13 bits per heavy atom. The number of hydrogen-bond acceptors (Lipinski definition) is 6. The van der Waals surface area contributed by atoms with Crippen molar-refractivity contribution in [3.8, 4) is 5.75 Å². The first kappa shape index (κ1) is 20.6. The minimum atomic E-state index is -0.595. The molecule has 0 N–H and O–H groups in total. The van der Waals surface area contributed by atoms with Crippen LogP contribution in [0, 0.1) is 19.8 Å². The number of carbonyl (C=O) groups is 2. The van der Waals surface area contributed by atoms with Crippen LogP contribution in [0.25, 0.3) is 5.65 Å². The molecule has 1 atom stereocenters. The molecule has 4 rings (SSSR count). The summed E-state index contributed by atoms with van der Waals surface area (Å²) in [6.45, 7) is 3.90. The van der Waals surface area contributed by atoms with Crippen molar-refractivity contribution in [2.24, 2.45) is 5.92 Å². The minimum absolute atomic E-state index is 0.0585. The highest BCUT2D eigenvalue weighted by molar-refractivity contribution is 6.00. The van der Waals surface area contributed by atoms with Gasteiger partial charge in [-0.25, -0.2) is 4.98 Å². The number of methoxy groups -OCH3 is 1. The zero-order chi connectivity index (χ0) is 22.1. The Balaban J connectivity index is 1.46. The van der Waals surface area contributed by atoms with E-state index < -0.39 is 11.9 Å². The number of pyridine rings is 1. The van der Waals surface area contributed by atoms with Crippen LogP contribution in [0.5, 0.6) is 5.75 Å². The summed E-state index contributed by atoms with van der Waals surface area (Å²) in [5.74, 6) is -0.678. The number of esters is 1. The van der Waals surface area contributed by atoms with E-state index in [0.29, 0.717) is 22.8 Å². The van der Waals surface area contributed by atoms with Crippen LogP contribution in [-0.4, -0.2) is 34.9 Å². The second kappa shape index (κ2) is 8.22. The third-order valence-corrected chi connectivity index (χ3v) is 5.31. The standard InChI is InChI=1S/C23H23N3O5/c1-14-4-6-19(30-3)18(8-14)25-12-16(9-21(25)27)23(29)31-13-17-10-22(28)26-11-15(2)5-7-20(26)24-17/h4-8,10-11,16H,9,12-13H2,1-3H3/t16-/m0/s1. The molecule has 3 aromatic rings. The monoisotopic (exact) mass is 421 g/mol. The molecular formula is C23H23N3O5. The third-order valence-electron chi connectivity index (χ3n) is 5.31. The maximum atomic E-state index is 12.6. The van der Waals surface area contributed by atoms with Gasteiger partial charge in [-0.1, -0.05) is 12.1 Å². The highest BCUT2D eigenvalue weighted by Gasteiger charge is 2.37. The van der Waals surface area contributed by atoms with Crippen LogP contribution in [0.4, 0.5) is 5.69 Å². The van der Waals surface area contributed by atoms with Gasteiger partial charge in [0.25, 0.3) is 5.56 Å². The summed E-state index contributed by atoms with van der Waals surface area (Å²) < 4.78 is 12.2. The van der Waals surface area contributed by atoms with Crippen molar-refractivity contribution in [2.75, 3.05) is 18.6 Å². The van der Waals surface area contributed by atoms with Crippen LogP contribution in [0.1, 0.15) is 23.2 Å². The molecule has 1 amide bonds. The molecule has 1 aliphatic heterocycles. The number of carbonyl (C=O) groups excluding carboxylic acids is 2. The van der Waals surface area contributed by atoms with Crippen molar-refractivity contribution in [3.05, 3.63) is 69.8 Å². The number of ether oxygens (including phenoxy) is 2. The van der Waals surface area contributed by atoms with Crippen molar-refractivity contribution < 1.29 is 19.1 Å². The predicted octanol–water partition coefficient (Wildman–Crippen LogP) is 2.42. The molecule has 0 saturated carbocycles. The Morgan fingerprint density at radius 3 is 2.68 bits per heavy atom. The number of anilines is 1. The number of benzene rings is 1. The van der Waals surface area contributed by atoms with Gasteiger partial charge in [0, 0.05) is 25.2 Å². The lowest BCUT2D eigenvalue weighted by Gasteiger charge is -2.20. The van der Waals surface area contributed by atoms with Crippen molar-refractivity contribution in [2.45, 2.75) is 26.9 Å². The van der Waals surface area contributed by atoms with Crippen molar-refractivity contribution in [3.63, 3.8) is 0 Å². The van der Waals surface area contributed by atoms with E-state index in [4.69, 9.17) is 9.47 Å². The lowest BCUT2D eigenvalue weighted by molar-refractivity contribution is -0.149. The Kier molecular flexibility index (Phi) is 5.46. The number of aromatic nitrogens is 2. The molecule has 1 aromatic carbocycles. The lowest BCUT2D eigenvalue weighted by atomic mass is 10.1. The molecule has 8 heteroatoms. The highest BCUT2D eigenvalue weighted by atomic mass is 16.5. The normalized spacial score (nSPS) is 16.0. The van der Waals surface area contributed by atoms with Crippen LogP contribution in [0.2, 0.25) is 0 Å². The fourth-order valence-electron chi connectivity index (χ4n) is 3.70. The maximum absolute atomic E-state index is 12.6. The molecule has 1 fully saturated rings. The summed E-state index contributed by atoms with van der Waals surface area (Å²) in [5.41, 5.74) is 3.17. The molecule has 0 spiro atoms. The van der Waals surface area contributed by atoms with Gasteiger partial charge in [-0.2, -0.15) is 0 Å². The van der Waals surface area contributed by atoms with Gasteiger partial charge in [0.2, 0.25) is 5.91 Å². The number of amides is 1. The van der Waals surface area contributed by atoms with Crippen LogP contribution >= 0.6 is 0 Å². The minimum Gasteiger partial charge on any atom is -0.495 e. The SMILES string of the molecule is COc1ccc(C)cc1N1C[C@@H](C(=O)OCc2cc(=O)n3cc(C)ccc3n2)CC1=O. The van der Waals surface area contributed by atoms with Crippen molar-refractivity contribution in [1.82, 2.24) is 9.38 Å². The summed E-state index contributed by atoms with van der Waals surface area (Å²) in [4.78, 5) is 43.4. The molecule has 2 aromatic heterocycles. The zero-order valence-corrected chi connectivity index (χ0v) is 17.6. The molecule has 0 bridgehead atoms. The van der Waals surface area contributed by atoms with Gasteiger partial charge in [0.15, 0.2) is 0 Å². The highest BCUT2D eigenvalue weighted by Crippen LogP contribution is 2.34. The van der Waals surface area contributed by atoms with Gasteiger partial charge in [0.05, 0.1) is 24.4 Å². The van der Waals surface area contributed by atoms with E-state index in [0.717, 1.165) is 11.1 Å². The maximum Gasteiger partial charge on any atom is 0.311 e. The number of nitrogens with zero attached hydrogens (tertiary/aromatic N) is 3. The van der Waals surface area contributed by atoms with Crippen LogP contribution in [-0.2, 0) is 20.9 Å². The van der Waals surface area contributed by atoms with E-state index >= 15 is 0 Å². The fourth-order valence-corrected chi connectivity index (χ4v) is 3.70. The third kappa shape index (κ3) is 4.14. The smallest absolute Gasteiger partial charge is 0.311 e. The van der Waals surface area contributed by atoms with Crippen LogP contribution < -0.4 is 15.2 Å². The second-order valence-electron chi connectivity index (χ2n) is 7.71. The van der Waals surface area contributed by atoms with Crippen molar-refractivity contribution in [1.29, 1.82) is 0 Å². The van der Waals surface area contributed by atoms with Gasteiger partial charge in [-0.15, -0.1) is 0 Å². The Labute approximate surface area is 179 Å². The first-order valence-corrected chi connectivity index (χ1v) is 9.96. The molecule has 1 saturated heterocycles. The van der Waals surface area contributed by atoms with E-state index in [1.165, 1.54) is 10.5 Å². The van der Waals surface area contributed by atoms with Crippen molar-refractivity contribution >= 4 is 23.2 Å². The number of fused-ring (bicyclic) bond motifs is 1. The Bertz CT molecular complexity index is 1230. The molecular weight excluding hydrogens is 398 g/mol. The molecule has 0 radical (unpaired) electrons. The van der Waals surface area contributed by atoms with E-state index in [1.54, 1.807) is 30.3 Å². The Morgan fingerprint density at radius 2 is 1.90 bits per heavy atom. The van der Waals surface area contributed by atoms with E-state index in [2.05, 4.69) is 4.98 Å². The Hall–Kier alpha value is -3.68. The van der Waals surface area contributed by atoms with Crippen LogP contribution in [0.3, 0.4) is 0 Å². The summed E-state index contributed by atoms with van der Waals surface area (Å²) in [6.07, 6.45) is 1.77. The summed E-state index contributed by atoms with van der Waals surface area (Å²) in [6, 6.07) is 10.5. The summed E-state index contributed by atoms with van der Waals surface area (Å²) >= 11 is 0. The summed E-state index contributed by atoms with van der Waals surface area (Å²) in [5, 5.41) is 0. The average Bonchev–Trinajstić information content (AvgIpc) is 3.14. The van der Waals surface area contributed by atoms with E-state index in [1.807, 2.05) is 32.0 Å². The van der Waals surface area contributed by atoms with Gasteiger partial charge in [-0.05, 0) is 43.2 Å². The first-order chi connectivity index (χ1) is 14.9. The lowest BCUT2D eigenvalue weighted by Crippen LogP contribution is -2.27. The first-order valence-electron chi connectivity index (χ1n) is 9.96. The second-order valence-corrected chi connectivity index (χ2v) is 7.71. The average molecular weight is 421 g/mol. The van der Waals surface area contributed by atoms with Gasteiger partial charge in [-0.3, -0.25) is 18.8 Å². The van der Waals surface area contributed by atoms with Crippen LogP contribution in [0.15, 0.2) is 47.4 Å². The molecule has 160 valence electrons. The van der Waals surface area contributed by atoms with Gasteiger partial charge < -0.3 is 14.4 Å². The largest absolute Gasteiger partial charge is 0.495 e. The van der Waals surface area contributed by atoms with E-state index in [9.17, 15) is 14.4 Å². The van der Waals surface area contributed by atoms with E-state index in [-0.39, 0.29) is 31.0 Å². The summed E-state index contributed by atoms with van der Waals surface area (Å²) in [7, 11) is 1.54. The number of rotatable bonds is 5. The topological polar surface area (TPSA) is 90.2 Å².